The molecule has 0 saturated carbocycles. The minimum Gasteiger partial charge on any atom is -0.353 e. The first-order chi connectivity index (χ1) is 13.7. The first kappa shape index (κ1) is 18.6. The summed E-state index contributed by atoms with van der Waals surface area (Å²) in [6.45, 7) is 3.03. The number of benzene rings is 1. The second-order valence-electron chi connectivity index (χ2n) is 6.71. The van der Waals surface area contributed by atoms with Crippen LogP contribution in [0.5, 0.6) is 0 Å². The van der Waals surface area contributed by atoms with E-state index in [0.29, 0.717) is 25.9 Å². The summed E-state index contributed by atoms with van der Waals surface area (Å²) in [4.78, 5) is 25.6. The Morgan fingerprint density at radius 3 is 2.57 bits per heavy atom. The van der Waals surface area contributed by atoms with Crippen LogP contribution < -0.4 is 4.90 Å². The maximum atomic E-state index is 13.0. The van der Waals surface area contributed by atoms with E-state index in [4.69, 9.17) is 0 Å². The molecule has 4 rings (SSSR count). The van der Waals surface area contributed by atoms with E-state index in [-0.39, 0.29) is 11.7 Å². The monoisotopic (exact) mass is 396 g/mol. The van der Waals surface area contributed by atoms with Crippen LogP contribution in [0.3, 0.4) is 0 Å². The van der Waals surface area contributed by atoms with Gasteiger partial charge in [0, 0.05) is 49.7 Å². The predicted molar refractivity (Wildman–Crippen MR) is 109 cm³/mol. The standard InChI is InChI=1S/C21H21FN4OS/c22-17-6-4-16(5-7-17)21-24-18(15-28-21)8-9-20(27)26-13-11-25(12-14-26)19-3-1-2-10-23-19/h1-7,10,15H,8-9,11-14H2. The van der Waals surface area contributed by atoms with Crippen LogP contribution in [0.2, 0.25) is 0 Å². The number of carbonyl (C=O) groups is 1. The number of hydrogen-bond acceptors (Lipinski definition) is 5. The van der Waals surface area contributed by atoms with Crippen LogP contribution in [0, 0.1) is 5.82 Å². The summed E-state index contributed by atoms with van der Waals surface area (Å²) in [6, 6.07) is 12.2. The smallest absolute Gasteiger partial charge is 0.223 e. The molecule has 2 aromatic heterocycles. The van der Waals surface area contributed by atoms with Gasteiger partial charge in [0.1, 0.15) is 16.6 Å². The fourth-order valence-electron chi connectivity index (χ4n) is 3.27. The van der Waals surface area contributed by atoms with Crippen molar-refractivity contribution in [3.63, 3.8) is 0 Å². The zero-order chi connectivity index (χ0) is 19.3. The quantitative estimate of drug-likeness (QED) is 0.661. The summed E-state index contributed by atoms with van der Waals surface area (Å²) < 4.78 is 13.0. The summed E-state index contributed by atoms with van der Waals surface area (Å²) in [5.74, 6) is 0.872. The van der Waals surface area contributed by atoms with E-state index in [1.165, 1.54) is 23.5 Å². The molecule has 1 saturated heterocycles. The molecule has 1 amide bonds. The third-order valence-corrected chi connectivity index (χ3v) is 5.78. The van der Waals surface area contributed by atoms with Gasteiger partial charge in [-0.1, -0.05) is 6.07 Å². The molecule has 0 bridgehead atoms. The molecule has 1 fully saturated rings. The molecule has 144 valence electrons. The number of anilines is 1. The zero-order valence-electron chi connectivity index (χ0n) is 15.4. The van der Waals surface area contributed by atoms with Crippen LogP contribution in [0.1, 0.15) is 12.1 Å². The molecule has 28 heavy (non-hydrogen) atoms. The number of thiazole rings is 1. The molecule has 0 radical (unpaired) electrons. The summed E-state index contributed by atoms with van der Waals surface area (Å²) in [6.07, 6.45) is 2.87. The van der Waals surface area contributed by atoms with E-state index in [1.54, 1.807) is 18.3 Å². The summed E-state index contributed by atoms with van der Waals surface area (Å²) in [5.41, 5.74) is 1.81. The third-order valence-electron chi connectivity index (χ3n) is 4.84. The largest absolute Gasteiger partial charge is 0.353 e. The highest BCUT2D eigenvalue weighted by molar-refractivity contribution is 7.13. The Morgan fingerprint density at radius 2 is 1.86 bits per heavy atom. The van der Waals surface area contributed by atoms with Gasteiger partial charge < -0.3 is 9.80 Å². The highest BCUT2D eigenvalue weighted by atomic mass is 32.1. The molecule has 0 atom stereocenters. The van der Waals surface area contributed by atoms with Crippen molar-refractivity contribution < 1.29 is 9.18 Å². The van der Waals surface area contributed by atoms with Gasteiger partial charge in [-0.3, -0.25) is 4.79 Å². The Bertz CT molecular complexity index is 921. The Kier molecular flexibility index (Phi) is 5.62. The van der Waals surface area contributed by atoms with Crippen LogP contribution in [0.15, 0.2) is 54.0 Å². The Morgan fingerprint density at radius 1 is 1.07 bits per heavy atom. The lowest BCUT2D eigenvalue weighted by molar-refractivity contribution is -0.131. The fourth-order valence-corrected chi connectivity index (χ4v) is 4.13. The van der Waals surface area contributed by atoms with Crippen molar-refractivity contribution in [3.8, 4) is 10.6 Å². The van der Waals surface area contributed by atoms with Crippen molar-refractivity contribution in [2.75, 3.05) is 31.1 Å². The van der Waals surface area contributed by atoms with Crippen molar-refractivity contribution in [1.29, 1.82) is 0 Å². The van der Waals surface area contributed by atoms with Crippen molar-refractivity contribution in [3.05, 3.63) is 65.6 Å². The number of aromatic nitrogens is 2. The zero-order valence-corrected chi connectivity index (χ0v) is 16.2. The molecule has 0 aliphatic carbocycles. The molecule has 1 aliphatic heterocycles. The van der Waals surface area contributed by atoms with Crippen molar-refractivity contribution in [2.24, 2.45) is 0 Å². The van der Waals surface area contributed by atoms with Crippen LogP contribution in [0.4, 0.5) is 10.2 Å². The molecule has 0 unspecified atom stereocenters. The van der Waals surface area contributed by atoms with Crippen molar-refractivity contribution in [2.45, 2.75) is 12.8 Å². The molecule has 1 aromatic carbocycles. The number of rotatable bonds is 5. The van der Waals surface area contributed by atoms with Crippen LogP contribution >= 0.6 is 11.3 Å². The second kappa shape index (κ2) is 8.48. The van der Waals surface area contributed by atoms with Gasteiger partial charge >= 0.3 is 0 Å². The maximum absolute atomic E-state index is 13.0. The van der Waals surface area contributed by atoms with Gasteiger partial charge in [0.15, 0.2) is 0 Å². The SMILES string of the molecule is O=C(CCc1csc(-c2ccc(F)cc2)n1)N1CCN(c2ccccn2)CC1. The topological polar surface area (TPSA) is 49.3 Å². The summed E-state index contributed by atoms with van der Waals surface area (Å²) in [5, 5.41) is 2.83. The number of amides is 1. The van der Waals surface area contributed by atoms with Crippen molar-refractivity contribution >= 4 is 23.1 Å². The minimum atomic E-state index is -0.255. The molecule has 7 heteroatoms. The lowest BCUT2D eigenvalue weighted by Crippen LogP contribution is -2.49. The average molecular weight is 396 g/mol. The molecule has 5 nitrogen and oxygen atoms in total. The van der Waals surface area contributed by atoms with Gasteiger partial charge in [0.2, 0.25) is 5.91 Å². The Labute approximate surface area is 167 Å². The van der Waals surface area contributed by atoms with Gasteiger partial charge in [-0.05, 0) is 42.8 Å². The number of aryl methyl sites for hydroxylation is 1. The van der Waals surface area contributed by atoms with Gasteiger partial charge in [-0.15, -0.1) is 11.3 Å². The van der Waals surface area contributed by atoms with Gasteiger partial charge in [0.25, 0.3) is 0 Å². The molecular formula is C21H21FN4OS. The van der Waals surface area contributed by atoms with Crippen molar-refractivity contribution in [1.82, 2.24) is 14.9 Å². The van der Waals surface area contributed by atoms with E-state index in [1.807, 2.05) is 28.5 Å². The second-order valence-corrected chi connectivity index (χ2v) is 7.56. The highest BCUT2D eigenvalue weighted by Crippen LogP contribution is 2.24. The molecule has 0 spiro atoms. The molecule has 3 heterocycles. The van der Waals surface area contributed by atoms with Crippen LogP contribution in [0.25, 0.3) is 10.6 Å². The van der Waals surface area contributed by atoms with E-state index in [2.05, 4.69) is 14.9 Å². The lowest BCUT2D eigenvalue weighted by atomic mass is 10.2. The highest BCUT2D eigenvalue weighted by Gasteiger charge is 2.21. The summed E-state index contributed by atoms with van der Waals surface area (Å²) in [7, 11) is 0. The minimum absolute atomic E-state index is 0.164. The molecular weight excluding hydrogens is 375 g/mol. The summed E-state index contributed by atoms with van der Waals surface area (Å²) >= 11 is 1.52. The van der Waals surface area contributed by atoms with E-state index < -0.39 is 0 Å². The maximum Gasteiger partial charge on any atom is 0.223 e. The number of carbonyl (C=O) groups excluding carboxylic acids is 1. The number of halogens is 1. The fraction of sp³-hybridized carbons (Fsp3) is 0.286. The normalized spacial score (nSPS) is 14.3. The predicted octanol–water partition coefficient (Wildman–Crippen LogP) is 3.63. The number of hydrogen-bond donors (Lipinski definition) is 0. The van der Waals surface area contributed by atoms with Gasteiger partial charge in [-0.25, -0.2) is 14.4 Å². The number of pyridine rings is 1. The first-order valence-electron chi connectivity index (χ1n) is 9.33. The molecule has 3 aromatic rings. The van der Waals surface area contributed by atoms with Gasteiger partial charge in [-0.2, -0.15) is 0 Å². The van der Waals surface area contributed by atoms with Gasteiger partial charge in [0.05, 0.1) is 5.69 Å². The number of nitrogens with zero attached hydrogens (tertiary/aromatic N) is 4. The first-order valence-corrected chi connectivity index (χ1v) is 10.2. The average Bonchev–Trinajstić information content (AvgIpc) is 3.22. The Balaban J connectivity index is 1.28. The third kappa shape index (κ3) is 4.36. The Hall–Kier alpha value is -2.80. The van der Waals surface area contributed by atoms with E-state index in [9.17, 15) is 9.18 Å². The number of piperazine rings is 1. The molecule has 0 N–H and O–H groups in total. The van der Waals surface area contributed by atoms with E-state index in [0.717, 1.165) is 35.2 Å². The van der Waals surface area contributed by atoms with E-state index >= 15 is 0 Å². The molecule has 1 aliphatic rings. The lowest BCUT2D eigenvalue weighted by Gasteiger charge is -2.35. The van der Waals surface area contributed by atoms with Crippen LogP contribution in [-0.4, -0.2) is 47.0 Å². The van der Waals surface area contributed by atoms with Crippen LogP contribution in [-0.2, 0) is 11.2 Å².